The summed E-state index contributed by atoms with van der Waals surface area (Å²) in [5.74, 6) is -0.923. The first-order valence-corrected chi connectivity index (χ1v) is 6.11. The number of rotatable bonds is 3. The van der Waals surface area contributed by atoms with Crippen molar-refractivity contribution in [3.63, 3.8) is 0 Å². The first-order valence-electron chi connectivity index (χ1n) is 6.11. The quantitative estimate of drug-likeness (QED) is 0.881. The summed E-state index contributed by atoms with van der Waals surface area (Å²) in [7, 11) is 0. The largest absolute Gasteiger partial charge is 0.386 e. The topological polar surface area (TPSA) is 66.6 Å². The number of halogens is 3. The molecule has 0 spiro atoms. The maximum absolute atomic E-state index is 13.0. The highest BCUT2D eigenvalue weighted by molar-refractivity contribution is 5.85. The van der Waals surface area contributed by atoms with Crippen LogP contribution in [-0.4, -0.2) is 41.2 Å². The van der Waals surface area contributed by atoms with Crippen LogP contribution in [0.5, 0.6) is 0 Å². The second-order valence-electron chi connectivity index (χ2n) is 4.69. The van der Waals surface area contributed by atoms with Crippen LogP contribution in [0.1, 0.15) is 18.1 Å². The van der Waals surface area contributed by atoms with E-state index >= 15 is 0 Å². The second-order valence-corrected chi connectivity index (χ2v) is 4.69. The molecule has 0 radical (unpaired) electrons. The molecule has 112 valence electrons. The maximum Gasteiger partial charge on any atom is 0.242 e. The van der Waals surface area contributed by atoms with Gasteiger partial charge < -0.3 is 15.7 Å². The number of carbonyl (C=O) groups excluding carboxylic acids is 1. The van der Waals surface area contributed by atoms with E-state index in [1.165, 1.54) is 29.2 Å². The van der Waals surface area contributed by atoms with Crippen molar-refractivity contribution in [1.82, 2.24) is 4.90 Å². The molecule has 1 fully saturated rings. The molecule has 1 saturated heterocycles. The van der Waals surface area contributed by atoms with Crippen molar-refractivity contribution >= 4 is 18.3 Å². The first kappa shape index (κ1) is 16.8. The number of hydrogen-bond donors (Lipinski definition) is 2. The van der Waals surface area contributed by atoms with Gasteiger partial charge in [0.25, 0.3) is 0 Å². The molecule has 0 aliphatic carbocycles. The van der Waals surface area contributed by atoms with Crippen LogP contribution in [0.15, 0.2) is 24.3 Å². The molecule has 3 N–H and O–H groups in total. The fourth-order valence-corrected chi connectivity index (χ4v) is 2.13. The van der Waals surface area contributed by atoms with E-state index in [0.29, 0.717) is 18.5 Å². The van der Waals surface area contributed by atoms with Gasteiger partial charge in [-0.2, -0.15) is 0 Å². The number of benzene rings is 1. The smallest absolute Gasteiger partial charge is 0.242 e. The monoisotopic (exact) mass is 306 g/mol. The lowest BCUT2D eigenvalue weighted by Gasteiger charge is -2.24. The summed E-state index contributed by atoms with van der Waals surface area (Å²) >= 11 is 0. The van der Waals surface area contributed by atoms with E-state index in [9.17, 15) is 18.7 Å². The molecule has 1 amide bonds. The third-order valence-electron chi connectivity index (χ3n) is 3.28. The predicted molar refractivity (Wildman–Crippen MR) is 72.7 cm³/mol. The van der Waals surface area contributed by atoms with Crippen LogP contribution in [0.4, 0.5) is 8.78 Å². The van der Waals surface area contributed by atoms with Gasteiger partial charge in [0.05, 0.1) is 6.54 Å². The maximum atomic E-state index is 13.0. The molecule has 0 aromatic heterocycles. The van der Waals surface area contributed by atoms with Gasteiger partial charge in [-0.3, -0.25) is 4.79 Å². The van der Waals surface area contributed by atoms with Crippen LogP contribution in [0.3, 0.4) is 0 Å². The Labute approximate surface area is 122 Å². The van der Waals surface area contributed by atoms with Crippen molar-refractivity contribution in [1.29, 1.82) is 0 Å². The number of hydrogen-bond acceptors (Lipinski definition) is 3. The highest BCUT2D eigenvalue weighted by atomic mass is 35.5. The number of likely N-dealkylation sites (tertiary alicyclic amines) is 1. The van der Waals surface area contributed by atoms with Gasteiger partial charge in [0.15, 0.2) is 0 Å². The lowest BCUT2D eigenvalue weighted by atomic mass is 10.0. The van der Waals surface area contributed by atoms with Crippen LogP contribution < -0.4 is 5.73 Å². The zero-order valence-corrected chi connectivity index (χ0v) is 11.5. The van der Waals surface area contributed by atoms with Gasteiger partial charge in [-0.25, -0.2) is 8.78 Å². The number of nitrogens with two attached hydrogens (primary N) is 1. The Bertz CT molecular complexity index is 458. The van der Waals surface area contributed by atoms with Crippen molar-refractivity contribution in [2.75, 3.05) is 13.1 Å². The van der Waals surface area contributed by atoms with E-state index in [1.807, 2.05) is 0 Å². The van der Waals surface area contributed by atoms with Crippen LogP contribution >= 0.6 is 12.4 Å². The standard InChI is InChI=1S/C13H16F2N2O2.ClH/c14-9-3-1-8(2-4-9)12(18)11(16)13(19)17-6-5-10(15)7-17;/h1-4,10-12,18H,5-7,16H2;1H/t10-,11?,12?;/m0./s1. The average Bonchev–Trinajstić information content (AvgIpc) is 2.84. The van der Waals surface area contributed by atoms with Gasteiger partial charge >= 0.3 is 0 Å². The number of carbonyl (C=O) groups is 1. The minimum absolute atomic E-state index is 0. The Morgan fingerprint density at radius 2 is 2.00 bits per heavy atom. The minimum Gasteiger partial charge on any atom is -0.386 e. The summed E-state index contributed by atoms with van der Waals surface area (Å²) < 4.78 is 25.8. The third kappa shape index (κ3) is 3.65. The zero-order valence-electron chi connectivity index (χ0n) is 10.7. The lowest BCUT2D eigenvalue weighted by Crippen LogP contribution is -2.46. The SMILES string of the molecule is Cl.NC(C(=O)N1CC[C@H](F)C1)C(O)c1ccc(F)cc1. The molecule has 7 heteroatoms. The molecule has 1 aliphatic rings. The molecule has 3 atom stereocenters. The van der Waals surface area contributed by atoms with Gasteiger partial charge in [0.2, 0.25) is 5.91 Å². The highest BCUT2D eigenvalue weighted by Gasteiger charge is 2.32. The summed E-state index contributed by atoms with van der Waals surface area (Å²) in [6, 6.07) is 3.94. The fraction of sp³-hybridized carbons (Fsp3) is 0.462. The van der Waals surface area contributed by atoms with Crippen LogP contribution in [-0.2, 0) is 4.79 Å². The predicted octanol–water partition coefficient (Wildman–Crippen LogP) is 1.18. The number of aliphatic hydroxyl groups is 1. The van der Waals surface area contributed by atoms with E-state index in [4.69, 9.17) is 5.73 Å². The summed E-state index contributed by atoms with van der Waals surface area (Å²) in [6.45, 7) is 0.326. The van der Waals surface area contributed by atoms with Crippen molar-refractivity contribution in [3.05, 3.63) is 35.6 Å². The molecule has 20 heavy (non-hydrogen) atoms. The van der Waals surface area contributed by atoms with Crippen molar-refractivity contribution in [2.24, 2.45) is 5.73 Å². The summed E-state index contributed by atoms with van der Waals surface area (Å²) in [6.07, 6.45) is -1.96. The number of aliphatic hydroxyl groups excluding tert-OH is 1. The number of nitrogens with zero attached hydrogens (tertiary/aromatic N) is 1. The van der Waals surface area contributed by atoms with Crippen LogP contribution in [0, 0.1) is 5.82 Å². The van der Waals surface area contributed by atoms with Gasteiger partial charge in [-0.15, -0.1) is 12.4 Å². The molecule has 2 unspecified atom stereocenters. The van der Waals surface area contributed by atoms with E-state index in [2.05, 4.69) is 0 Å². The van der Waals surface area contributed by atoms with Crippen LogP contribution in [0.25, 0.3) is 0 Å². The molecular formula is C13H17ClF2N2O2. The number of alkyl halides is 1. The van der Waals surface area contributed by atoms with Crippen molar-refractivity contribution in [3.8, 4) is 0 Å². The third-order valence-corrected chi connectivity index (χ3v) is 3.28. The summed E-state index contributed by atoms with van der Waals surface area (Å²) in [5, 5.41) is 9.99. The molecule has 4 nitrogen and oxygen atoms in total. The molecular weight excluding hydrogens is 290 g/mol. The second kappa shape index (κ2) is 6.97. The van der Waals surface area contributed by atoms with Crippen molar-refractivity contribution < 1.29 is 18.7 Å². The minimum atomic E-state index is -1.23. The Morgan fingerprint density at radius 3 is 2.50 bits per heavy atom. The summed E-state index contributed by atoms with van der Waals surface area (Å²) in [5.41, 5.74) is 6.06. The molecule has 1 aromatic carbocycles. The Morgan fingerprint density at radius 1 is 1.40 bits per heavy atom. The molecule has 2 rings (SSSR count). The van der Waals surface area contributed by atoms with Gasteiger partial charge in [-0.1, -0.05) is 12.1 Å². The van der Waals surface area contributed by atoms with Gasteiger partial charge in [0.1, 0.15) is 24.1 Å². The normalized spacial score (nSPS) is 21.2. The Kier molecular flexibility index (Phi) is 5.86. The zero-order chi connectivity index (χ0) is 14.0. The first-order chi connectivity index (χ1) is 8.99. The van der Waals surface area contributed by atoms with Gasteiger partial charge in [-0.05, 0) is 24.1 Å². The van der Waals surface area contributed by atoms with E-state index < -0.39 is 30.0 Å². The van der Waals surface area contributed by atoms with E-state index in [1.54, 1.807) is 0 Å². The molecule has 1 aromatic rings. The average molecular weight is 307 g/mol. The Balaban J connectivity index is 0.00000200. The lowest BCUT2D eigenvalue weighted by molar-refractivity contribution is -0.134. The van der Waals surface area contributed by atoms with Gasteiger partial charge in [0, 0.05) is 6.54 Å². The molecule has 0 saturated carbocycles. The molecule has 1 aliphatic heterocycles. The Hall–Kier alpha value is -1.24. The fourth-order valence-electron chi connectivity index (χ4n) is 2.13. The van der Waals surface area contributed by atoms with E-state index in [-0.39, 0.29) is 19.0 Å². The molecule has 0 bridgehead atoms. The number of amides is 1. The molecule has 1 heterocycles. The van der Waals surface area contributed by atoms with Crippen molar-refractivity contribution in [2.45, 2.75) is 24.7 Å². The van der Waals surface area contributed by atoms with E-state index in [0.717, 1.165) is 0 Å². The summed E-state index contributed by atoms with van der Waals surface area (Å²) in [4.78, 5) is 13.3. The highest BCUT2D eigenvalue weighted by Crippen LogP contribution is 2.20. The van der Waals surface area contributed by atoms with Crippen LogP contribution in [0.2, 0.25) is 0 Å².